The maximum atomic E-state index is 10.6. The van der Waals surface area contributed by atoms with Crippen molar-refractivity contribution in [1.29, 1.82) is 0 Å². The summed E-state index contributed by atoms with van der Waals surface area (Å²) in [6.45, 7) is 1.57. The van der Waals surface area contributed by atoms with Gasteiger partial charge in [0, 0.05) is 0 Å². The first-order valence-electron chi connectivity index (χ1n) is 2.82. The van der Waals surface area contributed by atoms with Gasteiger partial charge in [-0.05, 0) is 6.92 Å². The molecule has 0 rings (SSSR count). The number of hydrogen-bond acceptors (Lipinski definition) is 3. The third-order valence-corrected chi connectivity index (χ3v) is 1.01. The first-order valence-corrected chi connectivity index (χ1v) is 3.36. The summed E-state index contributed by atoms with van der Waals surface area (Å²) in [6.07, 6.45) is 1.51. The van der Waals surface area contributed by atoms with Crippen LogP contribution in [0.1, 0.15) is 6.92 Å². The summed E-state index contributed by atoms with van der Waals surface area (Å²) < 4.78 is 4.51. The molecule has 0 saturated carbocycles. The summed E-state index contributed by atoms with van der Waals surface area (Å²) in [7, 11) is 0. The fraction of sp³-hybridized carbons (Fsp3) is 0.667. The summed E-state index contributed by atoms with van der Waals surface area (Å²) in [5.74, 6) is -1.13. The van der Waals surface area contributed by atoms with E-state index in [1.54, 1.807) is 0 Å². The number of hydrogen-bond donors (Lipinski definition) is 0. The molecule has 0 aromatic heterocycles. The summed E-state index contributed by atoms with van der Waals surface area (Å²) in [5.41, 5.74) is 0. The van der Waals surface area contributed by atoms with Crippen LogP contribution in [-0.2, 0) is 14.3 Å². The van der Waals surface area contributed by atoms with E-state index in [-0.39, 0.29) is 12.5 Å². The molecule has 0 amide bonds. The Morgan fingerprint density at radius 3 is 2.80 bits per heavy atom. The highest BCUT2D eigenvalue weighted by Crippen LogP contribution is 1.93. The monoisotopic (exact) mass is 163 g/mol. The SMILES string of the molecule is CC([C]=O)C(=O)OCCCl. The maximum absolute atomic E-state index is 10.6. The van der Waals surface area contributed by atoms with E-state index >= 15 is 0 Å². The molecule has 1 unspecified atom stereocenters. The zero-order chi connectivity index (χ0) is 7.98. The van der Waals surface area contributed by atoms with Crippen LogP contribution in [0.15, 0.2) is 0 Å². The lowest BCUT2D eigenvalue weighted by Gasteiger charge is -2.01. The predicted octanol–water partition coefficient (Wildman–Crippen LogP) is 0.514. The Hall–Kier alpha value is -0.570. The fourth-order valence-electron chi connectivity index (χ4n) is 0.312. The molecule has 0 bridgehead atoms. The number of ether oxygens (including phenoxy) is 1. The Morgan fingerprint density at radius 2 is 2.40 bits per heavy atom. The van der Waals surface area contributed by atoms with Crippen LogP contribution in [0.25, 0.3) is 0 Å². The van der Waals surface area contributed by atoms with Crippen LogP contribution in [0.4, 0.5) is 0 Å². The third kappa shape index (κ3) is 3.45. The molecular weight excluding hydrogens is 156 g/mol. The van der Waals surface area contributed by atoms with E-state index in [1.807, 2.05) is 0 Å². The lowest BCUT2D eigenvalue weighted by atomic mass is 10.2. The quantitative estimate of drug-likeness (QED) is 0.345. The van der Waals surface area contributed by atoms with Crippen molar-refractivity contribution in [3.63, 3.8) is 0 Å². The van der Waals surface area contributed by atoms with Gasteiger partial charge in [-0.2, -0.15) is 0 Å². The second-order valence-corrected chi connectivity index (χ2v) is 2.07. The Bertz CT molecular complexity index is 124. The van der Waals surface area contributed by atoms with Gasteiger partial charge in [-0.3, -0.25) is 9.59 Å². The van der Waals surface area contributed by atoms with Crippen molar-refractivity contribution < 1.29 is 14.3 Å². The van der Waals surface area contributed by atoms with Crippen LogP contribution < -0.4 is 0 Å². The highest BCUT2D eigenvalue weighted by molar-refractivity contribution is 6.18. The highest BCUT2D eigenvalue weighted by Gasteiger charge is 2.12. The number of esters is 1. The lowest BCUT2D eigenvalue weighted by Crippen LogP contribution is -2.16. The smallest absolute Gasteiger partial charge is 0.316 e. The van der Waals surface area contributed by atoms with Crippen LogP contribution in [-0.4, -0.2) is 24.7 Å². The topological polar surface area (TPSA) is 43.4 Å². The minimum Gasteiger partial charge on any atom is -0.464 e. The second kappa shape index (κ2) is 5.23. The summed E-state index contributed by atoms with van der Waals surface area (Å²) in [4.78, 5) is 20.4. The minimum atomic E-state index is -0.803. The maximum Gasteiger partial charge on any atom is 0.316 e. The molecule has 1 atom stereocenters. The predicted molar refractivity (Wildman–Crippen MR) is 36.5 cm³/mol. The van der Waals surface area contributed by atoms with Gasteiger partial charge in [0.05, 0.1) is 5.88 Å². The Labute approximate surface area is 64.3 Å². The Kier molecular flexibility index (Phi) is 4.94. The molecule has 57 valence electrons. The molecule has 3 nitrogen and oxygen atoms in total. The molecule has 0 N–H and O–H groups in total. The zero-order valence-corrected chi connectivity index (χ0v) is 6.35. The minimum absolute atomic E-state index is 0.145. The molecule has 0 fully saturated rings. The van der Waals surface area contributed by atoms with Crippen LogP contribution in [0.3, 0.4) is 0 Å². The van der Waals surface area contributed by atoms with E-state index in [9.17, 15) is 9.59 Å². The van der Waals surface area contributed by atoms with Crippen LogP contribution in [0.2, 0.25) is 0 Å². The molecule has 0 aromatic carbocycles. The van der Waals surface area contributed by atoms with Gasteiger partial charge in [0.1, 0.15) is 12.5 Å². The van der Waals surface area contributed by atoms with Crippen LogP contribution in [0.5, 0.6) is 0 Å². The van der Waals surface area contributed by atoms with E-state index in [0.717, 1.165) is 0 Å². The van der Waals surface area contributed by atoms with Crippen molar-refractivity contribution in [3.8, 4) is 0 Å². The number of carbonyl (C=O) groups excluding carboxylic acids is 2. The first kappa shape index (κ1) is 9.43. The molecule has 0 aliphatic carbocycles. The molecule has 0 saturated heterocycles. The standard InChI is InChI=1S/C6H8ClO3/c1-5(4-8)6(9)10-3-2-7/h5H,2-3H2,1H3. The lowest BCUT2D eigenvalue weighted by molar-refractivity contribution is -0.144. The highest BCUT2D eigenvalue weighted by atomic mass is 35.5. The molecule has 0 aliphatic heterocycles. The molecule has 0 aromatic rings. The normalized spacial score (nSPS) is 12.2. The second-order valence-electron chi connectivity index (χ2n) is 1.70. The van der Waals surface area contributed by atoms with Crippen molar-refractivity contribution in [2.24, 2.45) is 5.92 Å². The van der Waals surface area contributed by atoms with E-state index < -0.39 is 11.9 Å². The largest absolute Gasteiger partial charge is 0.464 e. The number of rotatable bonds is 4. The molecule has 0 spiro atoms. The van der Waals surface area contributed by atoms with Crippen LogP contribution >= 0.6 is 11.6 Å². The van der Waals surface area contributed by atoms with Gasteiger partial charge < -0.3 is 4.74 Å². The van der Waals surface area contributed by atoms with Crippen molar-refractivity contribution in [3.05, 3.63) is 0 Å². The van der Waals surface area contributed by atoms with Gasteiger partial charge in [0.2, 0.25) is 6.29 Å². The van der Waals surface area contributed by atoms with E-state index in [4.69, 9.17) is 11.6 Å². The fourth-order valence-corrected chi connectivity index (χ4v) is 0.389. The van der Waals surface area contributed by atoms with Gasteiger partial charge in [0.25, 0.3) is 0 Å². The van der Waals surface area contributed by atoms with Crippen molar-refractivity contribution in [2.45, 2.75) is 6.92 Å². The van der Waals surface area contributed by atoms with Crippen molar-refractivity contribution >= 4 is 23.9 Å². The Morgan fingerprint density at radius 1 is 1.80 bits per heavy atom. The van der Waals surface area contributed by atoms with Crippen molar-refractivity contribution in [2.75, 3.05) is 12.5 Å². The van der Waals surface area contributed by atoms with Crippen LogP contribution in [0, 0.1) is 5.92 Å². The summed E-state index contributed by atoms with van der Waals surface area (Å²) in [5, 5.41) is 0. The summed E-state index contributed by atoms with van der Waals surface area (Å²) in [6, 6.07) is 0. The van der Waals surface area contributed by atoms with E-state index in [0.29, 0.717) is 0 Å². The first-order chi connectivity index (χ1) is 4.72. The number of halogens is 1. The van der Waals surface area contributed by atoms with Gasteiger partial charge in [-0.1, -0.05) is 0 Å². The Balaban J connectivity index is 3.51. The molecule has 10 heavy (non-hydrogen) atoms. The third-order valence-electron chi connectivity index (χ3n) is 0.852. The molecule has 0 heterocycles. The summed E-state index contributed by atoms with van der Waals surface area (Å²) >= 11 is 5.22. The zero-order valence-electron chi connectivity index (χ0n) is 5.59. The van der Waals surface area contributed by atoms with E-state index in [1.165, 1.54) is 13.2 Å². The van der Waals surface area contributed by atoms with Crippen molar-refractivity contribution in [1.82, 2.24) is 0 Å². The van der Waals surface area contributed by atoms with E-state index in [2.05, 4.69) is 4.74 Å². The molecule has 4 heteroatoms. The van der Waals surface area contributed by atoms with Gasteiger partial charge in [-0.15, -0.1) is 11.6 Å². The van der Waals surface area contributed by atoms with Gasteiger partial charge in [0.15, 0.2) is 0 Å². The number of alkyl halides is 1. The molecule has 0 aliphatic rings. The van der Waals surface area contributed by atoms with Gasteiger partial charge >= 0.3 is 5.97 Å². The average Bonchev–Trinajstić information content (AvgIpc) is 1.98. The average molecular weight is 164 g/mol. The number of carbonyl (C=O) groups is 1. The molecular formula is C6H8ClO3. The molecule has 1 radical (unpaired) electrons. The van der Waals surface area contributed by atoms with Gasteiger partial charge in [-0.25, -0.2) is 0 Å².